The van der Waals surface area contributed by atoms with Gasteiger partial charge in [0.2, 0.25) is 0 Å². The molecule has 96 valence electrons. The molecule has 5 nitrogen and oxygen atoms in total. The van der Waals surface area contributed by atoms with Crippen molar-refractivity contribution in [3.63, 3.8) is 0 Å². The number of aryl methyl sites for hydroxylation is 1. The van der Waals surface area contributed by atoms with Gasteiger partial charge in [0.05, 0.1) is 7.05 Å². The maximum Gasteiger partial charge on any atom is 0.176 e. The van der Waals surface area contributed by atoms with Gasteiger partial charge in [-0.1, -0.05) is 20.8 Å². The zero-order valence-electron chi connectivity index (χ0n) is 11.3. The summed E-state index contributed by atoms with van der Waals surface area (Å²) in [6, 6.07) is 0.495. The van der Waals surface area contributed by atoms with Crippen LogP contribution in [-0.2, 0) is 13.5 Å². The van der Waals surface area contributed by atoms with Gasteiger partial charge in [0.1, 0.15) is 0 Å². The summed E-state index contributed by atoms with van der Waals surface area (Å²) in [6.45, 7) is 7.94. The topological polar surface area (TPSA) is 55.6 Å². The molecule has 2 unspecified atom stereocenters. The Kier molecular flexibility index (Phi) is 3.47. The Labute approximate surface area is 103 Å². The zero-order valence-corrected chi connectivity index (χ0v) is 11.3. The minimum atomic E-state index is 0.480. The van der Waals surface area contributed by atoms with Crippen molar-refractivity contribution >= 4 is 0 Å². The van der Waals surface area contributed by atoms with Crippen LogP contribution in [0.5, 0.6) is 0 Å². The third kappa shape index (κ3) is 3.03. The second-order valence-corrected chi connectivity index (χ2v) is 5.76. The van der Waals surface area contributed by atoms with Crippen LogP contribution in [0.2, 0.25) is 0 Å². The number of hydrogen-bond acceptors (Lipinski definition) is 4. The molecule has 0 radical (unpaired) electrons. The molecule has 0 aliphatic heterocycles. The fraction of sp³-hybridized carbons (Fsp3) is 0.917. The SMILES string of the molecule is CCCNC(Cc1nnn(C)n1)C1CC1(C)C. The van der Waals surface area contributed by atoms with E-state index in [9.17, 15) is 0 Å². The van der Waals surface area contributed by atoms with Gasteiger partial charge in [-0.15, -0.1) is 10.2 Å². The van der Waals surface area contributed by atoms with E-state index in [-0.39, 0.29) is 0 Å². The van der Waals surface area contributed by atoms with E-state index in [4.69, 9.17) is 0 Å². The zero-order chi connectivity index (χ0) is 12.5. The highest BCUT2D eigenvalue weighted by atomic mass is 15.6. The molecule has 5 heteroatoms. The van der Waals surface area contributed by atoms with E-state index in [2.05, 4.69) is 41.5 Å². The van der Waals surface area contributed by atoms with E-state index in [0.717, 1.165) is 31.1 Å². The van der Waals surface area contributed by atoms with Gasteiger partial charge in [0.25, 0.3) is 0 Å². The lowest BCUT2D eigenvalue weighted by Gasteiger charge is -2.18. The van der Waals surface area contributed by atoms with Crippen molar-refractivity contribution < 1.29 is 0 Å². The summed E-state index contributed by atoms with van der Waals surface area (Å²) in [4.78, 5) is 1.53. The molecule has 1 fully saturated rings. The molecule has 1 aromatic heterocycles. The van der Waals surface area contributed by atoms with Crippen molar-refractivity contribution in [2.75, 3.05) is 6.54 Å². The lowest BCUT2D eigenvalue weighted by molar-refractivity contribution is 0.396. The third-order valence-electron chi connectivity index (χ3n) is 3.68. The highest BCUT2D eigenvalue weighted by Gasteiger charge is 2.49. The summed E-state index contributed by atoms with van der Waals surface area (Å²) >= 11 is 0. The fourth-order valence-corrected chi connectivity index (χ4v) is 2.48. The molecule has 2 atom stereocenters. The van der Waals surface area contributed by atoms with Gasteiger partial charge in [0.15, 0.2) is 5.82 Å². The van der Waals surface area contributed by atoms with Gasteiger partial charge in [0, 0.05) is 12.5 Å². The van der Waals surface area contributed by atoms with Crippen molar-refractivity contribution in [1.29, 1.82) is 0 Å². The molecule has 0 amide bonds. The molecule has 0 saturated heterocycles. The maximum absolute atomic E-state index is 4.27. The van der Waals surface area contributed by atoms with Gasteiger partial charge in [-0.3, -0.25) is 0 Å². The van der Waals surface area contributed by atoms with Crippen LogP contribution in [0, 0.1) is 11.3 Å². The maximum atomic E-state index is 4.27. The van der Waals surface area contributed by atoms with Crippen LogP contribution in [0.1, 0.15) is 39.4 Å². The van der Waals surface area contributed by atoms with Crippen LogP contribution < -0.4 is 5.32 Å². The first-order valence-electron chi connectivity index (χ1n) is 6.49. The summed E-state index contributed by atoms with van der Waals surface area (Å²) in [6.07, 6.45) is 3.36. The Hall–Kier alpha value is -0.970. The molecule has 1 saturated carbocycles. The van der Waals surface area contributed by atoms with Gasteiger partial charge in [-0.25, -0.2) is 0 Å². The van der Waals surface area contributed by atoms with E-state index in [1.54, 1.807) is 0 Å². The molecule has 17 heavy (non-hydrogen) atoms. The van der Waals surface area contributed by atoms with Gasteiger partial charge < -0.3 is 5.32 Å². The van der Waals surface area contributed by atoms with E-state index in [1.807, 2.05) is 7.05 Å². The Morgan fingerprint density at radius 1 is 1.53 bits per heavy atom. The van der Waals surface area contributed by atoms with Crippen LogP contribution in [0.3, 0.4) is 0 Å². The standard InChI is InChI=1S/C12H23N5/c1-5-6-13-10(9-8-12(9,2)3)7-11-14-16-17(4)15-11/h9-10,13H,5-8H2,1-4H3. The summed E-state index contributed by atoms with van der Waals surface area (Å²) < 4.78 is 0. The third-order valence-corrected chi connectivity index (χ3v) is 3.68. The second kappa shape index (κ2) is 4.72. The van der Waals surface area contributed by atoms with Crippen LogP contribution in [0.15, 0.2) is 0 Å². The molecule has 2 rings (SSSR count). The van der Waals surface area contributed by atoms with E-state index in [1.165, 1.54) is 11.2 Å². The Bertz CT molecular complexity index is 371. The van der Waals surface area contributed by atoms with Crippen molar-refractivity contribution in [3.05, 3.63) is 5.82 Å². The molecule has 1 aliphatic carbocycles. The molecule has 0 spiro atoms. The monoisotopic (exact) mass is 237 g/mol. The first-order chi connectivity index (χ1) is 8.03. The minimum Gasteiger partial charge on any atom is -0.313 e. The predicted molar refractivity (Wildman–Crippen MR) is 66.5 cm³/mol. The molecular formula is C12H23N5. The highest BCUT2D eigenvalue weighted by molar-refractivity contribution is 5.04. The summed E-state index contributed by atoms with van der Waals surface area (Å²) in [7, 11) is 1.81. The van der Waals surface area contributed by atoms with Crippen molar-refractivity contribution in [2.24, 2.45) is 18.4 Å². The molecule has 1 aromatic rings. The number of aromatic nitrogens is 4. The Balaban J connectivity index is 1.96. The van der Waals surface area contributed by atoms with Crippen molar-refractivity contribution in [3.8, 4) is 0 Å². The van der Waals surface area contributed by atoms with E-state index in [0.29, 0.717) is 11.5 Å². The fourth-order valence-electron chi connectivity index (χ4n) is 2.48. The van der Waals surface area contributed by atoms with Gasteiger partial charge in [-0.05, 0) is 35.9 Å². The summed E-state index contributed by atoms with van der Waals surface area (Å²) in [5.74, 6) is 1.60. The summed E-state index contributed by atoms with van der Waals surface area (Å²) in [5.41, 5.74) is 0.480. The lowest BCUT2D eigenvalue weighted by Crippen LogP contribution is -2.35. The van der Waals surface area contributed by atoms with E-state index < -0.39 is 0 Å². The number of nitrogens with one attached hydrogen (secondary N) is 1. The number of tetrazole rings is 1. The Morgan fingerprint density at radius 2 is 2.24 bits per heavy atom. The highest BCUT2D eigenvalue weighted by Crippen LogP contribution is 2.53. The number of rotatable bonds is 6. The average molecular weight is 237 g/mol. The van der Waals surface area contributed by atoms with Crippen molar-refractivity contribution in [2.45, 2.75) is 46.1 Å². The molecule has 0 bridgehead atoms. The first-order valence-corrected chi connectivity index (χ1v) is 6.49. The first kappa shape index (κ1) is 12.5. The van der Waals surface area contributed by atoms with Gasteiger partial charge >= 0.3 is 0 Å². The van der Waals surface area contributed by atoms with Crippen LogP contribution in [0.25, 0.3) is 0 Å². The molecule has 1 N–H and O–H groups in total. The Morgan fingerprint density at radius 3 is 2.71 bits per heavy atom. The largest absolute Gasteiger partial charge is 0.313 e. The molecular weight excluding hydrogens is 214 g/mol. The number of nitrogens with zero attached hydrogens (tertiary/aromatic N) is 4. The molecule has 1 heterocycles. The minimum absolute atomic E-state index is 0.480. The normalized spacial score (nSPS) is 23.6. The smallest absolute Gasteiger partial charge is 0.176 e. The molecule has 1 aliphatic rings. The second-order valence-electron chi connectivity index (χ2n) is 5.76. The average Bonchev–Trinajstić information content (AvgIpc) is 2.69. The van der Waals surface area contributed by atoms with Crippen molar-refractivity contribution in [1.82, 2.24) is 25.5 Å². The van der Waals surface area contributed by atoms with Crippen LogP contribution in [-0.4, -0.2) is 32.8 Å². The van der Waals surface area contributed by atoms with Gasteiger partial charge in [-0.2, -0.15) is 4.80 Å². The lowest BCUT2D eigenvalue weighted by atomic mass is 10.0. The molecule has 0 aromatic carbocycles. The predicted octanol–water partition coefficient (Wildman–Crippen LogP) is 1.17. The number of hydrogen-bond donors (Lipinski definition) is 1. The summed E-state index contributed by atoms with van der Waals surface area (Å²) in [5, 5.41) is 15.9. The van der Waals surface area contributed by atoms with E-state index >= 15 is 0 Å². The van der Waals surface area contributed by atoms with Crippen LogP contribution in [0.4, 0.5) is 0 Å². The van der Waals surface area contributed by atoms with Crippen LogP contribution >= 0.6 is 0 Å². The quantitative estimate of drug-likeness (QED) is 0.807.